The summed E-state index contributed by atoms with van der Waals surface area (Å²) in [5.74, 6) is 0. The fourth-order valence-corrected chi connectivity index (χ4v) is 15.6. The zero-order valence-electron chi connectivity index (χ0n) is 33.7. The highest BCUT2D eigenvalue weighted by molar-refractivity contribution is 7.20. The molecule has 2 aromatic heterocycles. The molecule has 0 saturated heterocycles. The molecule has 3 heteroatoms. The summed E-state index contributed by atoms with van der Waals surface area (Å²) in [7, 11) is -2.89. The van der Waals surface area contributed by atoms with Gasteiger partial charge in [-0.15, -0.1) is 0 Å². The van der Waals surface area contributed by atoms with Gasteiger partial charge < -0.3 is 9.13 Å². The van der Waals surface area contributed by atoms with E-state index in [1.165, 1.54) is 98.0 Å². The highest BCUT2D eigenvalue weighted by Gasteiger charge is 2.42. The van der Waals surface area contributed by atoms with Gasteiger partial charge in [0, 0.05) is 38.3 Å². The molecule has 0 bridgehead atoms. The number of aromatic nitrogens is 2. The quantitative estimate of drug-likeness (QED) is 0.117. The molecule has 0 unspecified atom stereocenters. The van der Waals surface area contributed by atoms with Crippen LogP contribution in [-0.2, 0) is 5.41 Å². The monoisotopic (exact) mass is 782 g/mol. The maximum absolute atomic E-state index is 2.89. The Labute approximate surface area is 351 Å². The second-order valence-electron chi connectivity index (χ2n) is 16.9. The first kappa shape index (κ1) is 34.8. The molecule has 11 aromatic rings. The molecule has 9 aromatic carbocycles. The van der Waals surface area contributed by atoms with Crippen LogP contribution in [-0.4, -0.2) is 17.2 Å². The number of benzene rings is 9. The molecule has 2 heterocycles. The lowest BCUT2D eigenvalue weighted by Crippen LogP contribution is -2.74. The maximum Gasteiger partial charge on any atom is 0.179 e. The van der Waals surface area contributed by atoms with Gasteiger partial charge in [0.25, 0.3) is 0 Å². The molecule has 0 N–H and O–H groups in total. The van der Waals surface area contributed by atoms with Crippen LogP contribution in [0.25, 0.3) is 66.1 Å². The molecule has 0 saturated carbocycles. The van der Waals surface area contributed by atoms with Crippen molar-refractivity contribution in [2.75, 3.05) is 0 Å². The van der Waals surface area contributed by atoms with Crippen LogP contribution in [0.3, 0.4) is 0 Å². The van der Waals surface area contributed by atoms with Crippen LogP contribution in [0.5, 0.6) is 0 Å². The average Bonchev–Trinajstić information content (AvgIpc) is 3.91. The Bertz CT molecular complexity index is 3390. The largest absolute Gasteiger partial charge is 0.309 e. The Kier molecular flexibility index (Phi) is 7.63. The van der Waals surface area contributed by atoms with Crippen molar-refractivity contribution in [3.05, 3.63) is 230 Å². The van der Waals surface area contributed by atoms with Crippen LogP contribution in [0.15, 0.2) is 218 Å². The molecule has 60 heavy (non-hydrogen) atoms. The number of hydrogen-bond acceptors (Lipinski definition) is 0. The Morgan fingerprint density at radius 2 is 0.850 bits per heavy atom. The van der Waals surface area contributed by atoms with Crippen LogP contribution in [0, 0.1) is 0 Å². The van der Waals surface area contributed by atoms with E-state index in [9.17, 15) is 0 Å². The van der Waals surface area contributed by atoms with Gasteiger partial charge in [0.2, 0.25) is 0 Å². The van der Waals surface area contributed by atoms with Crippen LogP contribution in [0.4, 0.5) is 0 Å². The van der Waals surface area contributed by atoms with Crippen molar-refractivity contribution in [1.82, 2.24) is 9.13 Å². The lowest BCUT2D eigenvalue weighted by molar-refractivity contribution is 0.664. The Morgan fingerprint density at radius 1 is 0.350 bits per heavy atom. The van der Waals surface area contributed by atoms with Gasteiger partial charge in [0.1, 0.15) is 0 Å². The van der Waals surface area contributed by atoms with Gasteiger partial charge in [-0.05, 0) is 85.5 Å². The van der Waals surface area contributed by atoms with Gasteiger partial charge in [-0.1, -0.05) is 190 Å². The van der Waals surface area contributed by atoms with E-state index in [0.29, 0.717) is 0 Å². The van der Waals surface area contributed by atoms with Gasteiger partial charge >= 0.3 is 0 Å². The van der Waals surface area contributed by atoms with Gasteiger partial charge in [-0.3, -0.25) is 0 Å². The summed E-state index contributed by atoms with van der Waals surface area (Å²) in [6.07, 6.45) is 0. The van der Waals surface area contributed by atoms with Crippen molar-refractivity contribution in [2.45, 2.75) is 19.3 Å². The molecule has 0 aliphatic heterocycles. The van der Waals surface area contributed by atoms with Crippen molar-refractivity contribution in [2.24, 2.45) is 0 Å². The fourth-order valence-electron chi connectivity index (χ4n) is 10.9. The van der Waals surface area contributed by atoms with Crippen molar-refractivity contribution in [1.29, 1.82) is 0 Å². The molecule has 0 fully saturated rings. The number of rotatable bonds is 6. The molecule has 2 nitrogen and oxygen atoms in total. The minimum Gasteiger partial charge on any atom is -0.309 e. The third-order valence-corrected chi connectivity index (χ3v) is 18.2. The van der Waals surface area contributed by atoms with Gasteiger partial charge in [0.15, 0.2) is 8.07 Å². The Balaban J connectivity index is 1.12. The number of fused-ring (bicyclic) bond motifs is 10. The van der Waals surface area contributed by atoms with Gasteiger partial charge in [-0.25, -0.2) is 0 Å². The highest BCUT2D eigenvalue weighted by Crippen LogP contribution is 2.52. The summed E-state index contributed by atoms with van der Waals surface area (Å²) in [4.78, 5) is 0. The Morgan fingerprint density at radius 3 is 1.53 bits per heavy atom. The molecule has 1 aliphatic carbocycles. The van der Waals surface area contributed by atoms with Crippen LogP contribution in [0.2, 0.25) is 0 Å². The molecular weight excluding hydrogens is 741 g/mol. The van der Waals surface area contributed by atoms with Crippen molar-refractivity contribution in [3.63, 3.8) is 0 Å². The van der Waals surface area contributed by atoms with Crippen molar-refractivity contribution in [3.8, 4) is 22.5 Å². The van der Waals surface area contributed by atoms with Crippen LogP contribution in [0.1, 0.15) is 25.0 Å². The normalized spacial score (nSPS) is 13.3. The molecule has 0 spiro atoms. The lowest BCUT2D eigenvalue weighted by Gasteiger charge is -2.34. The summed E-state index contributed by atoms with van der Waals surface area (Å²) >= 11 is 0. The zero-order valence-corrected chi connectivity index (χ0v) is 34.7. The fraction of sp³-hybridized carbons (Fsp3) is 0.0526. The van der Waals surface area contributed by atoms with Crippen LogP contribution >= 0.6 is 0 Å². The molecule has 12 rings (SSSR count). The molecule has 0 atom stereocenters. The number of para-hydroxylation sites is 3. The van der Waals surface area contributed by atoms with E-state index in [4.69, 9.17) is 0 Å². The number of nitrogens with zero attached hydrogens (tertiary/aromatic N) is 2. The average molecular weight is 783 g/mol. The summed E-state index contributed by atoms with van der Waals surface area (Å²) in [5.41, 5.74) is 12.6. The van der Waals surface area contributed by atoms with Gasteiger partial charge in [0.05, 0.1) is 22.1 Å². The van der Waals surface area contributed by atoms with Crippen LogP contribution < -0.4 is 20.7 Å². The third kappa shape index (κ3) is 4.81. The first-order valence-corrected chi connectivity index (χ1v) is 23.0. The van der Waals surface area contributed by atoms with E-state index in [1.807, 2.05) is 0 Å². The smallest absolute Gasteiger partial charge is 0.179 e. The summed E-state index contributed by atoms with van der Waals surface area (Å²) in [6, 6.07) is 81.9. The van der Waals surface area contributed by atoms with E-state index < -0.39 is 8.07 Å². The van der Waals surface area contributed by atoms with E-state index in [2.05, 4.69) is 241 Å². The lowest BCUT2D eigenvalue weighted by atomic mass is 9.81. The molecule has 0 radical (unpaired) electrons. The first-order chi connectivity index (χ1) is 29.5. The van der Waals surface area contributed by atoms with Crippen molar-refractivity contribution < 1.29 is 0 Å². The maximum atomic E-state index is 2.54. The molecule has 1 aliphatic rings. The molecule has 0 amide bonds. The standard InChI is InChI=1S/C57H42N2Si/c1-57(2)51-27-15-12-24-45(51)48-35-36-49-46-25-13-17-29-53(46)59(56(49)55(48)57)40-30-32-43(33-31-40)60(41-20-8-4-9-21-41,42-22-10-5-11-23-42)44-34-37-54-50(38-44)47-26-14-16-28-52(47)58(54)39-18-6-3-7-19-39/h3-38H,1-2H3. The molecule has 284 valence electrons. The van der Waals surface area contributed by atoms with E-state index in [0.717, 1.165) is 0 Å². The minimum atomic E-state index is -2.89. The molecular formula is C57H42N2Si. The Hall–Kier alpha value is -7.20. The SMILES string of the molecule is CC1(C)c2ccccc2-c2ccc3c4ccccc4n(-c4ccc([Si](c5ccccc5)(c5ccccc5)c5ccc6c(c5)c5ccccc5n6-c5ccccc5)cc4)c3c21. The highest BCUT2D eigenvalue weighted by atomic mass is 28.3. The predicted octanol–water partition coefficient (Wildman–Crippen LogP) is 11.6. The van der Waals surface area contributed by atoms with E-state index in [-0.39, 0.29) is 5.41 Å². The summed E-state index contributed by atoms with van der Waals surface area (Å²) in [6.45, 7) is 4.80. The van der Waals surface area contributed by atoms with Gasteiger partial charge in [-0.2, -0.15) is 0 Å². The summed E-state index contributed by atoms with van der Waals surface area (Å²) in [5, 5.41) is 10.6. The predicted molar refractivity (Wildman–Crippen MR) is 256 cm³/mol. The second-order valence-corrected chi connectivity index (χ2v) is 20.7. The summed E-state index contributed by atoms with van der Waals surface area (Å²) < 4.78 is 4.96. The second kappa shape index (κ2) is 13.2. The topological polar surface area (TPSA) is 9.86 Å². The number of hydrogen-bond donors (Lipinski definition) is 0. The minimum absolute atomic E-state index is 0.150. The van der Waals surface area contributed by atoms with E-state index in [1.54, 1.807) is 0 Å². The van der Waals surface area contributed by atoms with E-state index >= 15 is 0 Å². The third-order valence-electron chi connectivity index (χ3n) is 13.4. The first-order valence-electron chi connectivity index (χ1n) is 21.0. The zero-order chi connectivity index (χ0) is 40.0. The van der Waals surface area contributed by atoms with Crippen molar-refractivity contribution >= 4 is 72.4 Å².